The van der Waals surface area contributed by atoms with Gasteiger partial charge in [-0.1, -0.05) is 115 Å². The number of aromatic nitrogens is 2. The first kappa shape index (κ1) is 22.6. The van der Waals surface area contributed by atoms with Crippen molar-refractivity contribution in [2.75, 3.05) is 0 Å². The number of rotatable bonds is 3. The zero-order valence-corrected chi connectivity index (χ0v) is 21.8. The summed E-state index contributed by atoms with van der Waals surface area (Å²) in [5.41, 5.74) is 6.79. The van der Waals surface area contributed by atoms with E-state index in [-0.39, 0.29) is 0 Å². The third-order valence-electron chi connectivity index (χ3n) is 7.97. The van der Waals surface area contributed by atoms with Crippen molar-refractivity contribution in [3.8, 4) is 33.5 Å². The van der Waals surface area contributed by atoms with Crippen LogP contribution in [-0.4, -0.2) is 9.97 Å². The Morgan fingerprint density at radius 3 is 1.57 bits per heavy atom. The summed E-state index contributed by atoms with van der Waals surface area (Å²) in [6, 6.07) is 45.6. The molecule has 8 aromatic rings. The molecule has 0 radical (unpaired) electrons. The van der Waals surface area contributed by atoms with Crippen LogP contribution in [0.15, 0.2) is 146 Å². The van der Waals surface area contributed by atoms with E-state index >= 15 is 0 Å². The number of hydrogen-bond acceptors (Lipinski definition) is 2. The van der Waals surface area contributed by atoms with Crippen LogP contribution in [0.1, 0.15) is 0 Å². The zero-order chi connectivity index (χ0) is 26.5. The van der Waals surface area contributed by atoms with Crippen LogP contribution in [0.2, 0.25) is 0 Å². The summed E-state index contributed by atoms with van der Waals surface area (Å²) in [5, 5.41) is 9.73. The molecule has 0 spiro atoms. The van der Waals surface area contributed by atoms with Gasteiger partial charge in [0.25, 0.3) is 0 Å². The maximum Gasteiger partial charge on any atom is 0.0724 e. The van der Waals surface area contributed by atoms with E-state index in [2.05, 4.69) is 126 Å². The fourth-order valence-electron chi connectivity index (χ4n) is 6.12. The topological polar surface area (TPSA) is 25.8 Å². The van der Waals surface area contributed by atoms with E-state index in [1.54, 1.807) is 0 Å². The molecule has 2 nitrogen and oxygen atoms in total. The molecule has 0 aliphatic carbocycles. The van der Waals surface area contributed by atoms with Gasteiger partial charge in [-0.05, 0) is 66.5 Å². The third-order valence-corrected chi connectivity index (χ3v) is 7.97. The molecule has 0 saturated heterocycles. The van der Waals surface area contributed by atoms with Gasteiger partial charge in [0.2, 0.25) is 0 Å². The van der Waals surface area contributed by atoms with Gasteiger partial charge in [0, 0.05) is 35.1 Å². The molecule has 0 atom stereocenters. The van der Waals surface area contributed by atoms with E-state index < -0.39 is 0 Å². The first-order valence-corrected chi connectivity index (χ1v) is 13.6. The molecule has 6 aromatic carbocycles. The van der Waals surface area contributed by atoms with Gasteiger partial charge in [-0.2, -0.15) is 0 Å². The molecule has 0 aliphatic heterocycles. The Morgan fingerprint density at radius 2 is 0.925 bits per heavy atom. The van der Waals surface area contributed by atoms with Crippen molar-refractivity contribution in [2.24, 2.45) is 0 Å². The standard InChI is InChI=1S/C38H24N2/c1-2-10-26-21-27(18-17-25(26)9-1)37-31-13-5-7-15-33(31)38(34-16-8-6-14-32(34)37)29-19-20-36(40-23-29)35-24-39-22-28-11-3-4-12-30(28)35/h1-24H. The average Bonchev–Trinajstić information content (AvgIpc) is 3.03. The van der Waals surface area contributed by atoms with Crippen LogP contribution < -0.4 is 0 Å². The van der Waals surface area contributed by atoms with Crippen LogP contribution >= 0.6 is 0 Å². The normalized spacial score (nSPS) is 11.5. The van der Waals surface area contributed by atoms with Crippen molar-refractivity contribution in [3.63, 3.8) is 0 Å². The minimum atomic E-state index is 0.925. The lowest BCUT2D eigenvalue weighted by atomic mass is 9.86. The summed E-state index contributed by atoms with van der Waals surface area (Å²) in [6.45, 7) is 0. The highest BCUT2D eigenvalue weighted by Crippen LogP contribution is 2.44. The molecular formula is C38H24N2. The summed E-state index contributed by atoms with van der Waals surface area (Å²) in [6.07, 6.45) is 5.83. The Morgan fingerprint density at radius 1 is 0.375 bits per heavy atom. The predicted octanol–water partition coefficient (Wildman–Crippen LogP) is 10.1. The summed E-state index contributed by atoms with van der Waals surface area (Å²) < 4.78 is 0. The van der Waals surface area contributed by atoms with Crippen LogP contribution in [0.3, 0.4) is 0 Å². The Bertz CT molecular complexity index is 2150. The van der Waals surface area contributed by atoms with Gasteiger partial charge in [-0.3, -0.25) is 9.97 Å². The van der Waals surface area contributed by atoms with Gasteiger partial charge in [-0.15, -0.1) is 0 Å². The van der Waals surface area contributed by atoms with E-state index in [1.807, 2.05) is 24.7 Å². The zero-order valence-electron chi connectivity index (χ0n) is 21.8. The fraction of sp³-hybridized carbons (Fsp3) is 0. The second-order valence-electron chi connectivity index (χ2n) is 10.2. The first-order chi connectivity index (χ1) is 19.8. The second kappa shape index (κ2) is 9.14. The summed E-state index contributed by atoms with van der Waals surface area (Å²) in [7, 11) is 0. The van der Waals surface area contributed by atoms with Crippen molar-refractivity contribution < 1.29 is 0 Å². The summed E-state index contributed by atoms with van der Waals surface area (Å²) in [5.74, 6) is 0. The molecule has 0 N–H and O–H groups in total. The Labute approximate surface area is 232 Å². The minimum absolute atomic E-state index is 0.925. The molecule has 2 heteroatoms. The fourth-order valence-corrected chi connectivity index (χ4v) is 6.12. The second-order valence-corrected chi connectivity index (χ2v) is 10.2. The van der Waals surface area contributed by atoms with Crippen molar-refractivity contribution in [2.45, 2.75) is 0 Å². The molecule has 0 unspecified atom stereocenters. The maximum absolute atomic E-state index is 4.96. The number of nitrogens with zero attached hydrogens (tertiary/aromatic N) is 2. The number of fused-ring (bicyclic) bond motifs is 4. The van der Waals surface area contributed by atoms with Gasteiger partial charge < -0.3 is 0 Å². The lowest BCUT2D eigenvalue weighted by Crippen LogP contribution is -1.92. The highest BCUT2D eigenvalue weighted by Gasteiger charge is 2.17. The minimum Gasteiger partial charge on any atom is -0.263 e. The lowest BCUT2D eigenvalue weighted by molar-refractivity contribution is 1.30. The van der Waals surface area contributed by atoms with Crippen molar-refractivity contribution >= 4 is 43.1 Å². The average molecular weight is 509 g/mol. The molecular weight excluding hydrogens is 484 g/mol. The highest BCUT2D eigenvalue weighted by atomic mass is 14.7. The molecule has 0 aliphatic rings. The maximum atomic E-state index is 4.96. The number of pyridine rings is 2. The quantitative estimate of drug-likeness (QED) is 0.222. The first-order valence-electron chi connectivity index (χ1n) is 13.6. The smallest absolute Gasteiger partial charge is 0.0724 e. The molecule has 0 amide bonds. The number of benzene rings is 6. The van der Waals surface area contributed by atoms with Crippen LogP contribution in [0.25, 0.3) is 76.6 Å². The Kier molecular flexibility index (Phi) is 5.17. The summed E-state index contributed by atoms with van der Waals surface area (Å²) >= 11 is 0. The molecule has 186 valence electrons. The highest BCUT2D eigenvalue weighted by molar-refractivity contribution is 6.21. The van der Waals surface area contributed by atoms with Crippen molar-refractivity contribution in [1.29, 1.82) is 0 Å². The molecule has 0 fully saturated rings. The molecule has 0 saturated carbocycles. The van der Waals surface area contributed by atoms with Crippen molar-refractivity contribution in [3.05, 3.63) is 146 Å². The van der Waals surface area contributed by atoms with Crippen LogP contribution in [0.4, 0.5) is 0 Å². The van der Waals surface area contributed by atoms with E-state index in [9.17, 15) is 0 Å². The molecule has 0 bridgehead atoms. The van der Waals surface area contributed by atoms with E-state index in [0.29, 0.717) is 0 Å². The predicted molar refractivity (Wildman–Crippen MR) is 168 cm³/mol. The van der Waals surface area contributed by atoms with E-state index in [1.165, 1.54) is 49.0 Å². The van der Waals surface area contributed by atoms with Gasteiger partial charge in [0.05, 0.1) is 5.69 Å². The Balaban J connectivity index is 1.36. The van der Waals surface area contributed by atoms with Crippen LogP contribution in [0.5, 0.6) is 0 Å². The van der Waals surface area contributed by atoms with Crippen molar-refractivity contribution in [1.82, 2.24) is 9.97 Å². The van der Waals surface area contributed by atoms with Gasteiger partial charge in [0.1, 0.15) is 0 Å². The molecule has 2 aromatic heterocycles. The number of hydrogen-bond donors (Lipinski definition) is 0. The van der Waals surface area contributed by atoms with Gasteiger partial charge in [-0.25, -0.2) is 0 Å². The largest absolute Gasteiger partial charge is 0.263 e. The van der Waals surface area contributed by atoms with Crippen LogP contribution in [0, 0.1) is 0 Å². The van der Waals surface area contributed by atoms with E-state index in [0.717, 1.165) is 27.6 Å². The van der Waals surface area contributed by atoms with Gasteiger partial charge in [0.15, 0.2) is 0 Å². The monoisotopic (exact) mass is 508 g/mol. The third kappa shape index (κ3) is 3.58. The Hall–Kier alpha value is -5.34. The van der Waals surface area contributed by atoms with Crippen LogP contribution in [-0.2, 0) is 0 Å². The van der Waals surface area contributed by atoms with E-state index in [4.69, 9.17) is 4.98 Å². The molecule has 2 heterocycles. The SMILES string of the molecule is c1ccc2cc(-c3c4ccccc4c(-c4ccc(-c5cncc6ccccc56)nc4)c4ccccc34)ccc2c1. The van der Waals surface area contributed by atoms with Gasteiger partial charge >= 0.3 is 0 Å². The molecule has 8 rings (SSSR count). The lowest BCUT2D eigenvalue weighted by Gasteiger charge is -2.18. The molecule has 40 heavy (non-hydrogen) atoms. The summed E-state index contributed by atoms with van der Waals surface area (Å²) in [4.78, 5) is 9.43.